The van der Waals surface area contributed by atoms with Crippen molar-refractivity contribution in [1.82, 2.24) is 4.90 Å². The van der Waals surface area contributed by atoms with E-state index < -0.39 is 5.54 Å². The highest BCUT2D eigenvalue weighted by Gasteiger charge is 2.32. The zero-order chi connectivity index (χ0) is 15.2. The minimum absolute atomic E-state index is 0.183. The van der Waals surface area contributed by atoms with Gasteiger partial charge in [-0.2, -0.15) is 0 Å². The van der Waals surface area contributed by atoms with E-state index in [0.29, 0.717) is 19.6 Å². The van der Waals surface area contributed by atoms with E-state index in [1.54, 1.807) is 0 Å². The minimum Gasteiger partial charge on any atom is -0.494 e. The topological polar surface area (TPSA) is 38.8 Å². The Morgan fingerprint density at radius 2 is 1.75 bits per heavy atom. The Morgan fingerprint density at radius 3 is 2.20 bits per heavy atom. The summed E-state index contributed by atoms with van der Waals surface area (Å²) in [6, 6.07) is 7.88. The molecule has 0 radical (unpaired) electrons. The molecule has 0 aliphatic rings. The van der Waals surface area contributed by atoms with Crippen LogP contribution in [0.25, 0.3) is 0 Å². The van der Waals surface area contributed by atoms with Gasteiger partial charge in [0.2, 0.25) is 0 Å². The minimum atomic E-state index is -0.392. The number of carbonyl (C=O) groups is 1. The van der Waals surface area contributed by atoms with Crippen LogP contribution in [-0.2, 0) is 15.1 Å². The number of ether oxygens (including phenoxy) is 2. The van der Waals surface area contributed by atoms with Gasteiger partial charge in [-0.1, -0.05) is 12.1 Å². The third kappa shape index (κ3) is 3.97. The molecule has 112 valence electrons. The van der Waals surface area contributed by atoms with Crippen LogP contribution in [0.1, 0.15) is 32.8 Å². The summed E-state index contributed by atoms with van der Waals surface area (Å²) < 4.78 is 10.5. The van der Waals surface area contributed by atoms with Crippen LogP contribution in [0.15, 0.2) is 24.3 Å². The molecule has 0 fully saturated rings. The third-order valence-electron chi connectivity index (χ3n) is 3.57. The first-order valence-corrected chi connectivity index (χ1v) is 7.00. The van der Waals surface area contributed by atoms with Gasteiger partial charge < -0.3 is 9.47 Å². The van der Waals surface area contributed by atoms with Gasteiger partial charge in [-0.3, -0.25) is 9.69 Å². The molecule has 0 heterocycles. The average Bonchev–Trinajstić information content (AvgIpc) is 2.39. The van der Waals surface area contributed by atoms with E-state index in [4.69, 9.17) is 9.47 Å². The monoisotopic (exact) mass is 279 g/mol. The zero-order valence-electron chi connectivity index (χ0n) is 13.1. The highest BCUT2D eigenvalue weighted by molar-refractivity contribution is 5.71. The van der Waals surface area contributed by atoms with E-state index in [9.17, 15) is 4.79 Å². The zero-order valence-corrected chi connectivity index (χ0v) is 13.1. The third-order valence-corrected chi connectivity index (χ3v) is 3.57. The SMILES string of the molecule is CCOC(=O)CC(C)(c1ccc(OCC)cc1)N(C)C. The molecule has 0 aliphatic heterocycles. The molecule has 0 amide bonds. The van der Waals surface area contributed by atoms with Crippen molar-refractivity contribution in [3.63, 3.8) is 0 Å². The van der Waals surface area contributed by atoms with Crippen molar-refractivity contribution in [2.75, 3.05) is 27.3 Å². The number of hydrogen-bond acceptors (Lipinski definition) is 4. The predicted octanol–water partition coefficient (Wildman–Crippen LogP) is 2.82. The van der Waals surface area contributed by atoms with Crippen molar-refractivity contribution >= 4 is 5.97 Å². The maximum Gasteiger partial charge on any atom is 0.307 e. The molecule has 0 saturated carbocycles. The molecule has 4 nitrogen and oxygen atoms in total. The van der Waals surface area contributed by atoms with Gasteiger partial charge in [-0.05, 0) is 52.6 Å². The van der Waals surface area contributed by atoms with E-state index in [1.807, 2.05) is 64.0 Å². The van der Waals surface area contributed by atoms with Crippen LogP contribution in [0.3, 0.4) is 0 Å². The number of carbonyl (C=O) groups excluding carboxylic acids is 1. The summed E-state index contributed by atoms with van der Waals surface area (Å²) in [5, 5.41) is 0. The Hall–Kier alpha value is -1.55. The van der Waals surface area contributed by atoms with Gasteiger partial charge in [0.25, 0.3) is 0 Å². The summed E-state index contributed by atoms with van der Waals surface area (Å²) in [4.78, 5) is 13.9. The molecular weight excluding hydrogens is 254 g/mol. The molecule has 0 spiro atoms. The highest BCUT2D eigenvalue weighted by atomic mass is 16.5. The Kier molecular flexibility index (Phi) is 6.02. The number of hydrogen-bond donors (Lipinski definition) is 0. The lowest BCUT2D eigenvalue weighted by Crippen LogP contribution is -2.40. The lowest BCUT2D eigenvalue weighted by atomic mass is 9.87. The molecule has 4 heteroatoms. The smallest absolute Gasteiger partial charge is 0.307 e. The molecule has 0 aromatic heterocycles. The Morgan fingerprint density at radius 1 is 1.15 bits per heavy atom. The molecule has 1 unspecified atom stereocenters. The molecule has 0 aliphatic carbocycles. The Labute approximate surface area is 121 Å². The normalized spacial score (nSPS) is 13.9. The van der Waals surface area contributed by atoms with Crippen LogP contribution < -0.4 is 4.74 Å². The average molecular weight is 279 g/mol. The van der Waals surface area contributed by atoms with Crippen LogP contribution in [0.2, 0.25) is 0 Å². The highest BCUT2D eigenvalue weighted by Crippen LogP contribution is 2.31. The standard InChI is InChI=1S/C16H25NO3/c1-6-19-14-10-8-13(9-11-14)16(3,17(4)5)12-15(18)20-7-2/h8-11H,6-7,12H2,1-5H3. The van der Waals surface area contributed by atoms with E-state index in [0.717, 1.165) is 11.3 Å². The van der Waals surface area contributed by atoms with Gasteiger partial charge >= 0.3 is 5.97 Å². The largest absolute Gasteiger partial charge is 0.494 e. The summed E-state index contributed by atoms with van der Waals surface area (Å²) in [6.45, 7) is 6.87. The van der Waals surface area contributed by atoms with Gasteiger partial charge in [-0.25, -0.2) is 0 Å². The van der Waals surface area contributed by atoms with Crippen molar-refractivity contribution in [1.29, 1.82) is 0 Å². The molecule has 1 atom stereocenters. The van der Waals surface area contributed by atoms with E-state index in [1.165, 1.54) is 0 Å². The molecular formula is C16H25NO3. The molecule has 20 heavy (non-hydrogen) atoms. The second-order valence-corrected chi connectivity index (χ2v) is 5.11. The number of nitrogens with zero attached hydrogens (tertiary/aromatic N) is 1. The van der Waals surface area contributed by atoms with Gasteiger partial charge in [0, 0.05) is 0 Å². The fraction of sp³-hybridized carbons (Fsp3) is 0.562. The van der Waals surface area contributed by atoms with Crippen molar-refractivity contribution in [3.05, 3.63) is 29.8 Å². The molecule has 1 rings (SSSR count). The summed E-state index contributed by atoms with van der Waals surface area (Å²) in [7, 11) is 3.94. The molecule has 0 bridgehead atoms. The first-order valence-electron chi connectivity index (χ1n) is 7.00. The summed E-state index contributed by atoms with van der Waals surface area (Å²) in [5.41, 5.74) is 0.677. The molecule has 0 N–H and O–H groups in total. The summed E-state index contributed by atoms with van der Waals surface area (Å²) in [5.74, 6) is 0.658. The lowest BCUT2D eigenvalue weighted by molar-refractivity contribution is -0.146. The molecule has 1 aromatic carbocycles. The summed E-state index contributed by atoms with van der Waals surface area (Å²) in [6.07, 6.45) is 0.321. The number of rotatable bonds is 7. The first-order chi connectivity index (χ1) is 9.43. The van der Waals surface area contributed by atoms with Crippen molar-refractivity contribution in [2.45, 2.75) is 32.7 Å². The van der Waals surface area contributed by atoms with Crippen molar-refractivity contribution < 1.29 is 14.3 Å². The summed E-state index contributed by atoms with van der Waals surface area (Å²) >= 11 is 0. The van der Waals surface area contributed by atoms with E-state index in [-0.39, 0.29) is 5.97 Å². The molecule has 0 saturated heterocycles. The van der Waals surface area contributed by atoms with Crippen molar-refractivity contribution in [3.8, 4) is 5.75 Å². The fourth-order valence-electron chi connectivity index (χ4n) is 2.09. The van der Waals surface area contributed by atoms with E-state index >= 15 is 0 Å². The predicted molar refractivity (Wildman–Crippen MR) is 79.9 cm³/mol. The maximum absolute atomic E-state index is 11.8. The van der Waals surface area contributed by atoms with Gasteiger partial charge in [0.1, 0.15) is 5.75 Å². The van der Waals surface area contributed by atoms with E-state index in [2.05, 4.69) is 0 Å². The second kappa shape index (κ2) is 7.29. The van der Waals surface area contributed by atoms with Crippen LogP contribution in [0.4, 0.5) is 0 Å². The number of benzene rings is 1. The molecule has 1 aromatic rings. The van der Waals surface area contributed by atoms with Crippen LogP contribution in [0, 0.1) is 0 Å². The van der Waals surface area contributed by atoms with Crippen LogP contribution in [-0.4, -0.2) is 38.2 Å². The number of esters is 1. The Bertz CT molecular complexity index is 428. The Balaban J connectivity index is 2.97. The fourth-order valence-corrected chi connectivity index (χ4v) is 2.09. The maximum atomic E-state index is 11.8. The van der Waals surface area contributed by atoms with Gasteiger partial charge in [-0.15, -0.1) is 0 Å². The second-order valence-electron chi connectivity index (χ2n) is 5.11. The first kappa shape index (κ1) is 16.5. The van der Waals surface area contributed by atoms with Crippen LogP contribution in [0.5, 0.6) is 5.75 Å². The quantitative estimate of drug-likeness (QED) is 0.719. The lowest BCUT2D eigenvalue weighted by Gasteiger charge is -2.36. The van der Waals surface area contributed by atoms with Crippen LogP contribution >= 0.6 is 0 Å². The van der Waals surface area contributed by atoms with Crippen molar-refractivity contribution in [2.24, 2.45) is 0 Å². The van der Waals surface area contributed by atoms with Gasteiger partial charge in [0.15, 0.2) is 0 Å². The van der Waals surface area contributed by atoms with Gasteiger partial charge in [0.05, 0.1) is 25.2 Å².